The highest BCUT2D eigenvalue weighted by Gasteiger charge is 2.31. The molecule has 0 aliphatic heterocycles. The number of hydrogen-bond acceptors (Lipinski definition) is 6. The smallest absolute Gasteiger partial charge is 0.388 e. The molecule has 8 nitrogen and oxygen atoms in total. The van der Waals surface area contributed by atoms with Crippen LogP contribution in [0.5, 0.6) is 0 Å². The van der Waals surface area contributed by atoms with E-state index in [1.165, 1.54) is 19.1 Å². The van der Waals surface area contributed by atoms with Gasteiger partial charge in [-0.3, -0.25) is 19.8 Å². The van der Waals surface area contributed by atoms with Gasteiger partial charge in [0.15, 0.2) is 0 Å². The van der Waals surface area contributed by atoms with Gasteiger partial charge in [0, 0.05) is 36.1 Å². The number of anilines is 1. The van der Waals surface area contributed by atoms with Crippen molar-refractivity contribution in [3.05, 3.63) is 89.8 Å². The van der Waals surface area contributed by atoms with Crippen molar-refractivity contribution in [3.63, 3.8) is 0 Å². The van der Waals surface area contributed by atoms with Crippen LogP contribution in [0.1, 0.15) is 34.6 Å². The van der Waals surface area contributed by atoms with E-state index in [1.807, 2.05) is 18.2 Å². The van der Waals surface area contributed by atoms with Crippen molar-refractivity contribution in [2.45, 2.75) is 19.1 Å². The first kappa shape index (κ1) is 28.4. The van der Waals surface area contributed by atoms with E-state index in [0.29, 0.717) is 12.3 Å². The minimum atomic E-state index is -4.59. The summed E-state index contributed by atoms with van der Waals surface area (Å²) in [5.74, 6) is -2.08. The third-order valence-corrected chi connectivity index (χ3v) is 5.24. The predicted molar refractivity (Wildman–Crippen MR) is 128 cm³/mol. The molecule has 1 amide bonds. The molecule has 0 spiro atoms. The maximum atomic E-state index is 14.3. The molecule has 0 aliphatic carbocycles. The number of amidine groups is 1. The molecule has 3 N–H and O–H groups in total. The quantitative estimate of drug-likeness (QED) is 0.284. The number of nitrogens with one attached hydrogen (secondary N) is 1. The van der Waals surface area contributed by atoms with Gasteiger partial charge in [0.25, 0.3) is 5.91 Å². The van der Waals surface area contributed by atoms with E-state index in [2.05, 4.69) is 20.3 Å². The Labute approximate surface area is 205 Å². The van der Waals surface area contributed by atoms with E-state index in [9.17, 15) is 30.8 Å². The zero-order valence-corrected chi connectivity index (χ0v) is 20.0. The first-order chi connectivity index (χ1) is 16.8. The number of rotatable bonds is 6. The average molecular weight is 526 g/mol. The second kappa shape index (κ2) is 12.2. The minimum absolute atomic E-state index is 0.0337. The number of alkyl halides is 3. The van der Waals surface area contributed by atoms with Crippen molar-refractivity contribution < 1.29 is 30.8 Å². The fraction of sp³-hybridized carbons (Fsp3) is 0.217. The summed E-state index contributed by atoms with van der Waals surface area (Å²) in [5, 5.41) is 2.38. The summed E-state index contributed by atoms with van der Waals surface area (Å²) in [5.41, 5.74) is 4.15. The summed E-state index contributed by atoms with van der Waals surface area (Å²) in [7, 11) is -3.55. The standard InChI is InChI=1S/C18H18F4N4O3S.C5H5N/c1-10(23)25-16(9-30(2,28)29)13-7-12(4-5-14(13)19)26-17(27)15-6-3-11(8-24-15)18(20,21)22;1-2-4-6-5-3-1/h3-8,16H,9H2,1-2H3,(H2,23,25)(H,26,27);1-5H. The maximum absolute atomic E-state index is 14.3. The predicted octanol–water partition coefficient (Wildman–Crippen LogP) is 4.04. The van der Waals surface area contributed by atoms with Gasteiger partial charge in [-0.2, -0.15) is 13.2 Å². The van der Waals surface area contributed by atoms with E-state index in [0.717, 1.165) is 18.4 Å². The normalized spacial score (nSPS) is 12.8. The topological polar surface area (TPSA) is 127 Å². The van der Waals surface area contributed by atoms with Gasteiger partial charge in [-0.1, -0.05) is 6.07 Å². The lowest BCUT2D eigenvalue weighted by Gasteiger charge is -2.15. The molecule has 3 rings (SSSR count). The Morgan fingerprint density at radius 3 is 2.25 bits per heavy atom. The number of aromatic nitrogens is 2. The number of aliphatic imine (C=N–C) groups is 1. The number of carbonyl (C=O) groups excluding carboxylic acids is 1. The number of nitrogens with zero attached hydrogens (tertiary/aromatic N) is 3. The Morgan fingerprint density at radius 2 is 1.81 bits per heavy atom. The molecule has 0 fully saturated rings. The van der Waals surface area contributed by atoms with Gasteiger partial charge in [0.05, 0.1) is 23.2 Å². The number of nitrogens with two attached hydrogens (primary N) is 1. The Kier molecular flexibility index (Phi) is 9.61. The molecule has 0 aliphatic rings. The lowest BCUT2D eigenvalue weighted by Crippen LogP contribution is -2.18. The second-order valence-corrected chi connectivity index (χ2v) is 9.71. The zero-order chi connectivity index (χ0) is 26.9. The van der Waals surface area contributed by atoms with Gasteiger partial charge in [-0.15, -0.1) is 0 Å². The second-order valence-electron chi connectivity index (χ2n) is 7.52. The van der Waals surface area contributed by atoms with Crippen LogP contribution in [0.4, 0.5) is 23.2 Å². The van der Waals surface area contributed by atoms with Gasteiger partial charge >= 0.3 is 6.18 Å². The van der Waals surface area contributed by atoms with Crippen LogP contribution in [0.25, 0.3) is 0 Å². The third kappa shape index (κ3) is 9.41. The van der Waals surface area contributed by atoms with Crippen molar-refractivity contribution >= 4 is 27.3 Å². The van der Waals surface area contributed by atoms with Crippen molar-refractivity contribution in [2.24, 2.45) is 10.7 Å². The molecule has 1 aromatic carbocycles. The van der Waals surface area contributed by atoms with Crippen LogP contribution in [0.15, 0.2) is 72.1 Å². The first-order valence-electron chi connectivity index (χ1n) is 10.2. The summed E-state index contributed by atoms with van der Waals surface area (Å²) in [6.45, 7) is 1.41. The summed E-state index contributed by atoms with van der Waals surface area (Å²) in [6.07, 6.45) is 0.386. The van der Waals surface area contributed by atoms with Crippen LogP contribution >= 0.6 is 0 Å². The number of benzene rings is 1. The molecule has 3 aromatic rings. The first-order valence-corrected chi connectivity index (χ1v) is 12.3. The number of pyridine rings is 2. The molecule has 1 atom stereocenters. The monoisotopic (exact) mass is 525 g/mol. The molecule has 192 valence electrons. The van der Waals surface area contributed by atoms with Crippen molar-refractivity contribution in [2.75, 3.05) is 17.3 Å². The molecule has 13 heteroatoms. The molecule has 1 unspecified atom stereocenters. The molecule has 2 aromatic heterocycles. The Balaban J connectivity index is 0.000000662. The van der Waals surface area contributed by atoms with Crippen LogP contribution in [0, 0.1) is 5.82 Å². The van der Waals surface area contributed by atoms with Gasteiger partial charge in [-0.25, -0.2) is 12.8 Å². The Bertz CT molecular complexity index is 1270. The fourth-order valence-corrected chi connectivity index (χ4v) is 3.64. The van der Waals surface area contributed by atoms with Crippen LogP contribution < -0.4 is 11.1 Å². The van der Waals surface area contributed by atoms with Crippen molar-refractivity contribution in [1.82, 2.24) is 9.97 Å². The van der Waals surface area contributed by atoms with Crippen LogP contribution in [-0.2, 0) is 16.0 Å². The molecule has 0 saturated carbocycles. The Hall–Kier alpha value is -3.87. The van der Waals surface area contributed by atoms with Gasteiger partial charge < -0.3 is 11.1 Å². The highest BCUT2D eigenvalue weighted by atomic mass is 32.2. The number of amides is 1. The van der Waals surface area contributed by atoms with E-state index in [4.69, 9.17) is 5.73 Å². The van der Waals surface area contributed by atoms with Gasteiger partial charge in [0.1, 0.15) is 21.3 Å². The minimum Gasteiger partial charge on any atom is -0.388 e. The molecule has 36 heavy (non-hydrogen) atoms. The zero-order valence-electron chi connectivity index (χ0n) is 19.2. The molecule has 0 radical (unpaired) electrons. The fourth-order valence-electron chi connectivity index (χ4n) is 2.81. The van der Waals surface area contributed by atoms with E-state index >= 15 is 0 Å². The summed E-state index contributed by atoms with van der Waals surface area (Å²) < 4.78 is 75.4. The number of sulfone groups is 1. The van der Waals surface area contributed by atoms with Crippen LogP contribution in [-0.4, -0.2) is 42.1 Å². The number of halogens is 4. The number of carbonyl (C=O) groups is 1. The molecule has 0 bridgehead atoms. The third-order valence-electron chi connectivity index (χ3n) is 4.32. The summed E-state index contributed by atoms with van der Waals surface area (Å²) >= 11 is 0. The van der Waals surface area contributed by atoms with Crippen LogP contribution in [0.3, 0.4) is 0 Å². The van der Waals surface area contributed by atoms with Gasteiger partial charge in [0.2, 0.25) is 0 Å². The summed E-state index contributed by atoms with van der Waals surface area (Å²) in [4.78, 5) is 23.5. The lowest BCUT2D eigenvalue weighted by molar-refractivity contribution is -0.137. The molecule has 0 saturated heterocycles. The van der Waals surface area contributed by atoms with Crippen molar-refractivity contribution in [1.29, 1.82) is 0 Å². The maximum Gasteiger partial charge on any atom is 0.417 e. The van der Waals surface area contributed by atoms with Gasteiger partial charge in [-0.05, 0) is 49.4 Å². The average Bonchev–Trinajstić information content (AvgIpc) is 2.80. The largest absolute Gasteiger partial charge is 0.417 e. The highest BCUT2D eigenvalue weighted by molar-refractivity contribution is 7.90. The van der Waals surface area contributed by atoms with E-state index in [1.54, 1.807) is 12.4 Å². The number of hydrogen-bond donors (Lipinski definition) is 2. The molecule has 2 heterocycles. The van der Waals surface area contributed by atoms with Crippen LogP contribution in [0.2, 0.25) is 0 Å². The molecular weight excluding hydrogens is 502 g/mol. The molecular formula is C23H23F4N5O3S. The van der Waals surface area contributed by atoms with E-state index < -0.39 is 45.1 Å². The summed E-state index contributed by atoms with van der Waals surface area (Å²) in [6, 6.07) is 9.56. The SMILES string of the molecule is CC(N)=NC(CS(C)(=O)=O)c1cc(NC(=O)c2ccc(C(F)(F)F)cn2)ccc1F.c1ccncc1. The lowest BCUT2D eigenvalue weighted by atomic mass is 10.1. The highest BCUT2D eigenvalue weighted by Crippen LogP contribution is 2.29. The Morgan fingerprint density at radius 1 is 1.14 bits per heavy atom. The van der Waals surface area contributed by atoms with E-state index in [-0.39, 0.29) is 22.8 Å². The van der Waals surface area contributed by atoms with Crippen molar-refractivity contribution in [3.8, 4) is 0 Å².